The van der Waals surface area contributed by atoms with Gasteiger partial charge in [-0.25, -0.2) is 0 Å². The highest BCUT2D eigenvalue weighted by atomic mass is 16.5. The van der Waals surface area contributed by atoms with Crippen LogP contribution in [0.2, 0.25) is 0 Å². The highest BCUT2D eigenvalue weighted by Gasteiger charge is 2.06. The predicted molar refractivity (Wildman–Crippen MR) is 79.2 cm³/mol. The van der Waals surface area contributed by atoms with Crippen molar-refractivity contribution in [2.75, 3.05) is 13.2 Å². The molecule has 1 aromatic carbocycles. The fraction of sp³-hybridized carbons (Fsp3) is 0.625. The third-order valence-electron chi connectivity index (χ3n) is 2.59. The smallest absolute Gasteiger partial charge is 0.119 e. The second-order valence-electron chi connectivity index (χ2n) is 5.82. The molecule has 2 N–H and O–H groups in total. The molecule has 108 valence electrons. The van der Waals surface area contributed by atoms with Gasteiger partial charge in [-0.2, -0.15) is 0 Å². The molecule has 0 saturated heterocycles. The Bertz CT molecular complexity index is 346. The van der Waals surface area contributed by atoms with Crippen LogP contribution < -0.4 is 10.5 Å². The molecule has 0 aromatic heterocycles. The molecule has 3 heteroatoms. The van der Waals surface area contributed by atoms with Crippen LogP contribution in [0.5, 0.6) is 5.75 Å². The largest absolute Gasteiger partial charge is 0.493 e. The van der Waals surface area contributed by atoms with E-state index in [0.717, 1.165) is 18.8 Å². The van der Waals surface area contributed by atoms with Crippen molar-refractivity contribution < 1.29 is 9.47 Å². The zero-order valence-corrected chi connectivity index (χ0v) is 12.6. The Balaban J connectivity index is 2.39. The van der Waals surface area contributed by atoms with Crippen molar-refractivity contribution in [3.05, 3.63) is 29.8 Å². The van der Waals surface area contributed by atoms with E-state index >= 15 is 0 Å². The van der Waals surface area contributed by atoms with Gasteiger partial charge >= 0.3 is 0 Å². The molecular formula is C16H27NO2. The summed E-state index contributed by atoms with van der Waals surface area (Å²) in [6, 6.07) is 8.09. The van der Waals surface area contributed by atoms with Crippen molar-refractivity contribution in [2.24, 2.45) is 17.6 Å². The Morgan fingerprint density at radius 1 is 0.947 bits per heavy atom. The van der Waals surface area contributed by atoms with E-state index in [1.165, 1.54) is 5.56 Å². The molecule has 1 unspecified atom stereocenters. The number of ether oxygens (including phenoxy) is 2. The normalized spacial score (nSPS) is 13.0. The third kappa shape index (κ3) is 7.19. The lowest BCUT2D eigenvalue weighted by Crippen LogP contribution is -2.28. The van der Waals surface area contributed by atoms with Gasteiger partial charge in [-0.1, -0.05) is 39.8 Å². The minimum atomic E-state index is -0.232. The molecule has 0 heterocycles. The van der Waals surface area contributed by atoms with Crippen LogP contribution in [0.15, 0.2) is 24.3 Å². The highest BCUT2D eigenvalue weighted by molar-refractivity contribution is 5.27. The Morgan fingerprint density at radius 3 is 2.05 bits per heavy atom. The van der Waals surface area contributed by atoms with Gasteiger partial charge in [-0.05, 0) is 29.5 Å². The first-order valence-electron chi connectivity index (χ1n) is 7.06. The molecule has 0 aliphatic rings. The van der Waals surface area contributed by atoms with Crippen molar-refractivity contribution in [1.29, 1.82) is 0 Å². The lowest BCUT2D eigenvalue weighted by Gasteiger charge is -2.15. The van der Waals surface area contributed by atoms with E-state index in [4.69, 9.17) is 15.2 Å². The molecule has 0 radical (unpaired) electrons. The van der Waals surface area contributed by atoms with Gasteiger partial charge in [0.1, 0.15) is 12.0 Å². The summed E-state index contributed by atoms with van der Waals surface area (Å²) in [6.07, 6.45) is 0.502. The van der Waals surface area contributed by atoms with Crippen molar-refractivity contribution >= 4 is 0 Å². The molecule has 1 aromatic rings. The monoisotopic (exact) mass is 265 g/mol. The average molecular weight is 265 g/mol. The second-order valence-corrected chi connectivity index (χ2v) is 5.82. The van der Waals surface area contributed by atoms with Crippen LogP contribution in [-0.4, -0.2) is 19.4 Å². The summed E-state index contributed by atoms with van der Waals surface area (Å²) < 4.78 is 11.2. The summed E-state index contributed by atoms with van der Waals surface area (Å²) in [6.45, 7) is 9.97. The van der Waals surface area contributed by atoms with E-state index in [0.29, 0.717) is 18.4 Å². The first-order valence-corrected chi connectivity index (χ1v) is 7.06. The number of hydrogen-bond donors (Lipinski definition) is 1. The van der Waals surface area contributed by atoms with Crippen LogP contribution in [0.4, 0.5) is 0 Å². The molecule has 1 atom stereocenters. The van der Waals surface area contributed by atoms with Crippen LogP contribution in [-0.2, 0) is 11.2 Å². The van der Waals surface area contributed by atoms with Crippen molar-refractivity contribution in [3.63, 3.8) is 0 Å². The standard InChI is InChI=1S/C16H27NO2/c1-12(2)10-18-15-7-5-14(6-8-15)9-16(17)19-11-13(3)4/h5-8,12-13,16H,9-11,17H2,1-4H3. The van der Waals surface area contributed by atoms with Gasteiger partial charge < -0.3 is 15.2 Å². The summed E-state index contributed by atoms with van der Waals surface area (Å²) in [4.78, 5) is 0. The van der Waals surface area contributed by atoms with Gasteiger partial charge in [-0.15, -0.1) is 0 Å². The molecule has 0 bridgehead atoms. The van der Waals surface area contributed by atoms with Crippen molar-refractivity contribution in [1.82, 2.24) is 0 Å². The fourth-order valence-corrected chi connectivity index (χ4v) is 1.59. The SMILES string of the molecule is CC(C)COc1ccc(CC(N)OCC(C)C)cc1. The van der Waals surface area contributed by atoms with Crippen molar-refractivity contribution in [3.8, 4) is 5.75 Å². The maximum Gasteiger partial charge on any atom is 0.119 e. The van der Waals surface area contributed by atoms with E-state index in [1.54, 1.807) is 0 Å². The Kier molecular flexibility index (Phi) is 6.89. The lowest BCUT2D eigenvalue weighted by atomic mass is 10.1. The number of nitrogens with two attached hydrogens (primary N) is 1. The number of rotatable bonds is 8. The Morgan fingerprint density at radius 2 is 1.53 bits per heavy atom. The molecule has 0 amide bonds. The Labute approximate surface area is 117 Å². The van der Waals surface area contributed by atoms with E-state index < -0.39 is 0 Å². The van der Waals surface area contributed by atoms with E-state index in [2.05, 4.69) is 27.7 Å². The third-order valence-corrected chi connectivity index (χ3v) is 2.59. The van der Waals surface area contributed by atoms with Crippen molar-refractivity contribution in [2.45, 2.75) is 40.3 Å². The molecule has 0 aliphatic heterocycles. The molecule has 3 nitrogen and oxygen atoms in total. The first-order chi connectivity index (χ1) is 8.97. The molecule has 0 fully saturated rings. The van der Waals surface area contributed by atoms with Crippen LogP contribution in [0.1, 0.15) is 33.3 Å². The Hall–Kier alpha value is -1.06. The first kappa shape index (κ1) is 16.0. The van der Waals surface area contributed by atoms with E-state index in [9.17, 15) is 0 Å². The summed E-state index contributed by atoms with van der Waals surface area (Å²) in [5.74, 6) is 1.96. The van der Waals surface area contributed by atoms with Gasteiger partial charge in [0, 0.05) is 6.42 Å². The van der Waals surface area contributed by atoms with Gasteiger partial charge in [0.05, 0.1) is 13.2 Å². The second kappa shape index (κ2) is 8.18. The lowest BCUT2D eigenvalue weighted by molar-refractivity contribution is 0.0403. The topological polar surface area (TPSA) is 44.5 Å². The molecule has 0 aliphatic carbocycles. The van der Waals surface area contributed by atoms with E-state index in [-0.39, 0.29) is 6.23 Å². The summed E-state index contributed by atoms with van der Waals surface area (Å²) in [5.41, 5.74) is 7.11. The summed E-state index contributed by atoms with van der Waals surface area (Å²) in [5, 5.41) is 0. The van der Waals surface area contributed by atoms with Crippen LogP contribution in [0.25, 0.3) is 0 Å². The van der Waals surface area contributed by atoms with Gasteiger partial charge in [0.2, 0.25) is 0 Å². The molecular weight excluding hydrogens is 238 g/mol. The highest BCUT2D eigenvalue weighted by Crippen LogP contribution is 2.14. The minimum Gasteiger partial charge on any atom is -0.493 e. The maximum absolute atomic E-state index is 5.94. The molecule has 19 heavy (non-hydrogen) atoms. The van der Waals surface area contributed by atoms with Gasteiger partial charge in [-0.3, -0.25) is 0 Å². The zero-order valence-electron chi connectivity index (χ0n) is 12.6. The molecule has 0 spiro atoms. The summed E-state index contributed by atoms with van der Waals surface area (Å²) in [7, 11) is 0. The summed E-state index contributed by atoms with van der Waals surface area (Å²) >= 11 is 0. The van der Waals surface area contributed by atoms with Gasteiger partial charge in [0.25, 0.3) is 0 Å². The van der Waals surface area contributed by atoms with Crippen LogP contribution >= 0.6 is 0 Å². The molecule has 0 saturated carbocycles. The van der Waals surface area contributed by atoms with Crippen LogP contribution in [0.3, 0.4) is 0 Å². The minimum absolute atomic E-state index is 0.232. The maximum atomic E-state index is 5.94. The molecule has 1 rings (SSSR count). The predicted octanol–water partition coefficient (Wildman–Crippen LogP) is 3.22. The average Bonchev–Trinajstić information content (AvgIpc) is 2.35. The van der Waals surface area contributed by atoms with Crippen LogP contribution in [0, 0.1) is 11.8 Å². The number of hydrogen-bond acceptors (Lipinski definition) is 3. The van der Waals surface area contributed by atoms with E-state index in [1.807, 2.05) is 24.3 Å². The number of benzene rings is 1. The zero-order chi connectivity index (χ0) is 14.3. The fourth-order valence-electron chi connectivity index (χ4n) is 1.59. The quantitative estimate of drug-likeness (QED) is 0.734. The van der Waals surface area contributed by atoms with Gasteiger partial charge in [0.15, 0.2) is 0 Å².